The molecule has 0 saturated carbocycles. The van der Waals surface area contributed by atoms with Gasteiger partial charge in [0.2, 0.25) is 5.91 Å². The van der Waals surface area contributed by atoms with Gasteiger partial charge in [-0.05, 0) is 23.8 Å². The predicted molar refractivity (Wildman–Crippen MR) is 106 cm³/mol. The van der Waals surface area contributed by atoms with Gasteiger partial charge in [-0.1, -0.05) is 35.3 Å². The number of nitro groups is 1. The van der Waals surface area contributed by atoms with Crippen LogP contribution < -0.4 is 0 Å². The lowest BCUT2D eigenvalue weighted by Gasteiger charge is -2.35. The number of nitro benzene ring substituents is 1. The van der Waals surface area contributed by atoms with Crippen LogP contribution in [0.2, 0.25) is 10.0 Å². The van der Waals surface area contributed by atoms with E-state index in [-0.39, 0.29) is 34.5 Å². The lowest BCUT2D eigenvalue weighted by molar-refractivity contribution is -0.384. The average molecular weight is 422 g/mol. The number of hydrogen-bond acceptors (Lipinski definition) is 4. The summed E-state index contributed by atoms with van der Waals surface area (Å²) < 4.78 is 0. The van der Waals surface area contributed by atoms with Crippen LogP contribution >= 0.6 is 23.2 Å². The topological polar surface area (TPSA) is 83.8 Å². The molecule has 2 aromatic carbocycles. The molecule has 2 amide bonds. The third-order valence-electron chi connectivity index (χ3n) is 4.58. The van der Waals surface area contributed by atoms with Crippen LogP contribution in [-0.4, -0.2) is 52.7 Å². The Hall–Kier alpha value is -2.64. The largest absolute Gasteiger partial charge is 0.339 e. The lowest BCUT2D eigenvalue weighted by atomic mass is 10.1. The fourth-order valence-electron chi connectivity index (χ4n) is 3.01. The van der Waals surface area contributed by atoms with Crippen molar-refractivity contribution in [3.05, 3.63) is 73.8 Å². The first-order chi connectivity index (χ1) is 13.3. The van der Waals surface area contributed by atoms with Crippen molar-refractivity contribution in [2.24, 2.45) is 0 Å². The predicted octanol–water partition coefficient (Wildman–Crippen LogP) is 3.43. The van der Waals surface area contributed by atoms with Gasteiger partial charge in [-0.25, -0.2) is 0 Å². The van der Waals surface area contributed by atoms with E-state index in [1.807, 2.05) is 12.1 Å². The first-order valence-electron chi connectivity index (χ1n) is 8.60. The number of nitrogens with zero attached hydrogens (tertiary/aromatic N) is 3. The normalized spacial score (nSPS) is 14.1. The Kier molecular flexibility index (Phi) is 6.16. The molecule has 1 fully saturated rings. The molecule has 146 valence electrons. The maximum atomic E-state index is 12.7. The van der Waals surface area contributed by atoms with Crippen molar-refractivity contribution in [3.63, 3.8) is 0 Å². The molecular formula is C19H17Cl2N3O4. The number of carbonyl (C=O) groups is 2. The highest BCUT2D eigenvalue weighted by molar-refractivity contribution is 6.34. The second-order valence-corrected chi connectivity index (χ2v) is 7.24. The van der Waals surface area contributed by atoms with E-state index in [0.717, 1.165) is 5.56 Å². The molecule has 1 aliphatic rings. The van der Waals surface area contributed by atoms with Crippen molar-refractivity contribution in [2.45, 2.75) is 6.42 Å². The van der Waals surface area contributed by atoms with Gasteiger partial charge in [-0.3, -0.25) is 19.7 Å². The Morgan fingerprint density at radius 2 is 1.57 bits per heavy atom. The molecule has 0 unspecified atom stereocenters. The zero-order valence-electron chi connectivity index (χ0n) is 14.8. The summed E-state index contributed by atoms with van der Waals surface area (Å²) in [7, 11) is 0. The van der Waals surface area contributed by atoms with Crippen LogP contribution in [0.4, 0.5) is 5.69 Å². The van der Waals surface area contributed by atoms with E-state index in [0.29, 0.717) is 31.2 Å². The van der Waals surface area contributed by atoms with E-state index < -0.39 is 4.92 Å². The third kappa shape index (κ3) is 4.61. The molecule has 0 spiro atoms. The van der Waals surface area contributed by atoms with Gasteiger partial charge in [0.15, 0.2) is 0 Å². The highest BCUT2D eigenvalue weighted by Gasteiger charge is 2.27. The smallest absolute Gasteiger partial charge is 0.270 e. The quantitative estimate of drug-likeness (QED) is 0.558. The molecule has 0 aliphatic carbocycles. The van der Waals surface area contributed by atoms with Gasteiger partial charge in [-0.15, -0.1) is 0 Å². The number of amides is 2. The minimum Gasteiger partial charge on any atom is -0.339 e. The molecule has 0 bridgehead atoms. The van der Waals surface area contributed by atoms with Gasteiger partial charge < -0.3 is 9.80 Å². The van der Waals surface area contributed by atoms with Crippen LogP contribution in [0.5, 0.6) is 0 Å². The molecule has 3 rings (SSSR count). The van der Waals surface area contributed by atoms with Crippen LogP contribution in [0.3, 0.4) is 0 Å². The number of rotatable bonds is 4. The number of non-ortho nitro benzene ring substituents is 1. The summed E-state index contributed by atoms with van der Waals surface area (Å²) >= 11 is 11.9. The number of carbonyl (C=O) groups excluding carboxylic acids is 2. The van der Waals surface area contributed by atoms with Crippen molar-refractivity contribution in [2.75, 3.05) is 26.2 Å². The molecule has 1 heterocycles. The Morgan fingerprint density at radius 1 is 0.964 bits per heavy atom. The second kappa shape index (κ2) is 8.58. The van der Waals surface area contributed by atoms with E-state index in [4.69, 9.17) is 23.2 Å². The lowest BCUT2D eigenvalue weighted by Crippen LogP contribution is -2.51. The molecule has 0 radical (unpaired) electrons. The van der Waals surface area contributed by atoms with Crippen LogP contribution in [-0.2, 0) is 11.2 Å². The zero-order chi connectivity index (χ0) is 20.3. The fraction of sp³-hybridized carbons (Fsp3) is 0.263. The highest BCUT2D eigenvalue weighted by atomic mass is 35.5. The number of hydrogen-bond donors (Lipinski definition) is 0. The van der Waals surface area contributed by atoms with Gasteiger partial charge in [0.05, 0.1) is 21.9 Å². The number of halogens is 2. The molecule has 7 nitrogen and oxygen atoms in total. The van der Waals surface area contributed by atoms with Crippen molar-refractivity contribution < 1.29 is 14.5 Å². The van der Waals surface area contributed by atoms with E-state index in [2.05, 4.69) is 0 Å². The fourth-order valence-corrected chi connectivity index (χ4v) is 3.33. The van der Waals surface area contributed by atoms with E-state index in [9.17, 15) is 19.7 Å². The SMILES string of the molecule is O=C(Cc1ccc(Cl)cc1)N1CCN(C(=O)c2cc([N+](=O)[O-])ccc2Cl)CC1. The Labute approximate surface area is 171 Å². The van der Waals surface area contributed by atoms with Crippen molar-refractivity contribution >= 4 is 40.7 Å². The Balaban J connectivity index is 1.61. The van der Waals surface area contributed by atoms with E-state index in [1.54, 1.807) is 21.9 Å². The minimum atomic E-state index is -0.569. The van der Waals surface area contributed by atoms with Crippen LogP contribution in [0, 0.1) is 10.1 Å². The second-order valence-electron chi connectivity index (χ2n) is 6.40. The molecular weight excluding hydrogens is 405 g/mol. The summed E-state index contributed by atoms with van der Waals surface area (Å²) in [4.78, 5) is 38.8. The van der Waals surface area contributed by atoms with Crippen molar-refractivity contribution in [3.8, 4) is 0 Å². The summed E-state index contributed by atoms with van der Waals surface area (Å²) in [5.41, 5.74) is 0.776. The van der Waals surface area contributed by atoms with Crippen molar-refractivity contribution in [1.29, 1.82) is 0 Å². The van der Waals surface area contributed by atoms with E-state index in [1.165, 1.54) is 18.2 Å². The number of benzene rings is 2. The van der Waals surface area contributed by atoms with Gasteiger partial charge in [0.1, 0.15) is 0 Å². The molecule has 0 aromatic heterocycles. The van der Waals surface area contributed by atoms with Gasteiger partial charge in [0, 0.05) is 43.3 Å². The van der Waals surface area contributed by atoms with E-state index >= 15 is 0 Å². The Morgan fingerprint density at radius 3 is 2.18 bits per heavy atom. The molecule has 9 heteroatoms. The monoisotopic (exact) mass is 421 g/mol. The maximum Gasteiger partial charge on any atom is 0.270 e. The van der Waals surface area contributed by atoms with Crippen LogP contribution in [0.25, 0.3) is 0 Å². The highest BCUT2D eigenvalue weighted by Crippen LogP contribution is 2.24. The zero-order valence-corrected chi connectivity index (χ0v) is 16.3. The average Bonchev–Trinajstić information content (AvgIpc) is 2.69. The van der Waals surface area contributed by atoms with Crippen LogP contribution in [0.15, 0.2) is 42.5 Å². The third-order valence-corrected chi connectivity index (χ3v) is 5.16. The van der Waals surface area contributed by atoms with Crippen molar-refractivity contribution in [1.82, 2.24) is 9.80 Å². The minimum absolute atomic E-state index is 0.0252. The molecule has 0 N–H and O–H groups in total. The summed E-state index contributed by atoms with van der Waals surface area (Å²) in [6.07, 6.45) is 0.266. The van der Waals surface area contributed by atoms with Gasteiger partial charge in [-0.2, -0.15) is 0 Å². The Bertz CT molecular complexity index is 910. The summed E-state index contributed by atoms with van der Waals surface area (Å²) in [6, 6.07) is 10.9. The standard InChI is InChI=1S/C19H17Cl2N3O4/c20-14-3-1-13(2-4-14)11-18(25)22-7-9-23(10-8-22)19(26)16-12-15(24(27)28)5-6-17(16)21/h1-6,12H,7-11H2. The summed E-state index contributed by atoms with van der Waals surface area (Å²) in [5, 5.41) is 11.7. The first kappa shape index (κ1) is 20.1. The number of piperazine rings is 1. The summed E-state index contributed by atoms with van der Waals surface area (Å²) in [5.74, 6) is -0.402. The summed E-state index contributed by atoms with van der Waals surface area (Å²) in [6.45, 7) is 1.46. The molecule has 28 heavy (non-hydrogen) atoms. The molecule has 2 aromatic rings. The first-order valence-corrected chi connectivity index (χ1v) is 9.36. The van der Waals surface area contributed by atoms with Gasteiger partial charge in [0.25, 0.3) is 11.6 Å². The molecule has 1 aliphatic heterocycles. The molecule has 1 saturated heterocycles. The molecule has 0 atom stereocenters. The maximum absolute atomic E-state index is 12.7. The van der Waals surface area contributed by atoms with Crippen LogP contribution in [0.1, 0.15) is 15.9 Å². The van der Waals surface area contributed by atoms with Gasteiger partial charge >= 0.3 is 0 Å².